The third-order valence-corrected chi connectivity index (χ3v) is 24.9. The van der Waals surface area contributed by atoms with Gasteiger partial charge in [-0.1, -0.05) is 88.3 Å². The highest BCUT2D eigenvalue weighted by atomic mass is 33.1. The van der Waals surface area contributed by atoms with E-state index < -0.39 is 272 Å². The molecule has 141 heavy (non-hydrogen) atoms. The molecule has 4 aromatic carbocycles. The van der Waals surface area contributed by atoms with Gasteiger partial charge >= 0.3 is 24.0 Å². The molecule has 40 N–H and O–H groups in total. The molecule has 0 bridgehead atoms. The van der Waals surface area contributed by atoms with E-state index in [0.29, 0.717) is 27.3 Å². The summed E-state index contributed by atoms with van der Waals surface area (Å²) in [6, 6.07) is -3.22. The predicted molar refractivity (Wildman–Crippen MR) is 519 cm³/mol. The minimum Gasteiger partial charge on any atom is -0.508 e. The van der Waals surface area contributed by atoms with Gasteiger partial charge in [-0.3, -0.25) is 92.9 Å². The van der Waals surface area contributed by atoms with Gasteiger partial charge in [-0.25, -0.2) is 9.59 Å². The fourth-order valence-electron chi connectivity index (χ4n) is 15.0. The van der Waals surface area contributed by atoms with E-state index in [0.717, 1.165) is 21.1 Å². The van der Waals surface area contributed by atoms with Gasteiger partial charge in [0.05, 0.1) is 6.04 Å². The number of phenols is 2. The monoisotopic (exact) mass is 2010 g/mol. The average molecular weight is 2010 g/mol. The molecule has 0 unspecified atom stereocenters. The summed E-state index contributed by atoms with van der Waals surface area (Å²) in [4.78, 5) is 261. The van der Waals surface area contributed by atoms with Crippen molar-refractivity contribution in [3.05, 3.63) is 108 Å². The van der Waals surface area contributed by atoms with Crippen LogP contribution in [0.5, 0.6) is 11.5 Å². The van der Waals surface area contributed by atoms with Crippen LogP contribution in [0.15, 0.2) is 91.0 Å². The molecule has 0 aliphatic carbocycles. The van der Waals surface area contributed by atoms with Crippen LogP contribution in [0.2, 0.25) is 0 Å². The van der Waals surface area contributed by atoms with Crippen LogP contribution in [-0.4, -0.2) is 292 Å². The van der Waals surface area contributed by atoms with Crippen molar-refractivity contribution in [2.45, 2.75) is 226 Å². The van der Waals surface area contributed by atoms with Crippen LogP contribution in [0.3, 0.4) is 0 Å². The number of unbranched alkanes of at least 4 members (excludes halogenated alkanes) is 1. The second-order valence-corrected chi connectivity index (χ2v) is 36.1. The number of guanidine groups is 3. The molecule has 18 amide bonds. The summed E-state index contributed by atoms with van der Waals surface area (Å²) >= 11 is 0. The number of nitrogens with two attached hydrogens (primary N) is 8. The number of hydrogen-bond donors (Lipinski definition) is 32. The number of urea groups is 2. The van der Waals surface area contributed by atoms with E-state index in [2.05, 4.69) is 90.4 Å². The molecule has 4 aromatic rings. The van der Waals surface area contributed by atoms with Crippen LogP contribution in [0, 0.1) is 16.2 Å². The fourth-order valence-corrected chi connectivity index (χ4v) is 17.3. The maximum absolute atomic E-state index is 16.0. The van der Waals surface area contributed by atoms with E-state index in [1.54, 1.807) is 42.5 Å². The van der Waals surface area contributed by atoms with Crippen molar-refractivity contribution in [2.75, 3.05) is 57.3 Å². The lowest BCUT2D eigenvalue weighted by molar-refractivity contribution is -0.143. The van der Waals surface area contributed by atoms with Crippen molar-refractivity contribution in [3.63, 3.8) is 0 Å². The van der Waals surface area contributed by atoms with E-state index in [9.17, 15) is 49.2 Å². The highest BCUT2D eigenvalue weighted by molar-refractivity contribution is 8.76. The van der Waals surface area contributed by atoms with Crippen molar-refractivity contribution in [1.82, 2.24) is 95.3 Å². The second kappa shape index (κ2) is 60.2. The molecule has 772 valence electrons. The normalized spacial score (nSPS) is 20.3. The minimum absolute atomic E-state index is 0.00991. The number of carboxylic acid groups (broad SMARTS) is 2. The van der Waals surface area contributed by atoms with Crippen molar-refractivity contribution < 1.29 is 107 Å². The van der Waals surface area contributed by atoms with Crippen LogP contribution >= 0.6 is 21.6 Å². The Kier molecular flexibility index (Phi) is 49.0. The van der Waals surface area contributed by atoms with Crippen LogP contribution in [0.4, 0.5) is 9.59 Å². The lowest BCUT2D eigenvalue weighted by Crippen LogP contribution is -2.61. The summed E-state index contributed by atoms with van der Waals surface area (Å²) in [7, 11) is 1.43. The van der Waals surface area contributed by atoms with Crippen molar-refractivity contribution in [3.8, 4) is 11.5 Å². The first kappa shape index (κ1) is 115. The molecule has 51 nitrogen and oxygen atoms in total. The topological polar surface area (TPSA) is 876 Å². The Hall–Kier alpha value is -14.8. The summed E-state index contributed by atoms with van der Waals surface area (Å²) in [5, 5.41) is 109. The third kappa shape index (κ3) is 42.2. The van der Waals surface area contributed by atoms with Gasteiger partial charge in [0.2, 0.25) is 82.7 Å². The molecule has 2 heterocycles. The number of fused-ring (bicyclic) bond motifs is 2. The number of benzene rings is 4. The Balaban J connectivity index is 1.62. The number of aromatic hydroxyl groups is 2. The summed E-state index contributed by atoms with van der Waals surface area (Å²) in [6.45, 7) is -0.778. The van der Waals surface area contributed by atoms with Crippen molar-refractivity contribution in [2.24, 2.45) is 45.9 Å². The first-order chi connectivity index (χ1) is 67.1. The number of phenolic OH excluding ortho intramolecular Hbond substituents is 2. The maximum Gasteiger partial charge on any atom is 0.312 e. The standard InChI is InChI=1S/C88H131N29O22S2/c89-34-4-3-13-56-74(128)111-61(31-33-69(122)123)83(137)117-40-10-19-67(117)82(136)114-63(43-48-23-28-53(119)29-24-48)78(132)110-58(16-7-37-102-86(96)97)73(127)108-60(18-9-39-104-88(99)139)76(130)115-65(80(134)105-55(70(91)124)14-5-35-100-84(92)93)45-140-141-46-66(81(135)113-62(42-47-21-26-52(118)27-22-47)77(131)109-59(72(126)107-56)17-8-38-103-87(98)138)116-79(133)64(44-49-20-25-50-11-1-2-12-51(50)41-49)112-75(129)57(15-6-36-101-85(94)95)106-71(125)54(90)30-32-68(120)121/h1-2,11-12,20-29,41,54-67,118-119H,3-10,13-19,30-40,42-46,89-90H2,(H2,91,124)(H,105,134)(H,106,125)(H,107,126)(H,108,127)(H,109,131)(H,110,132)(H,111,128)(H,112,129)(H,113,135)(H,114,136)(H,115,130)(H,116,133)(H,120,121)(H,122,123)(H4,92,93,100)(H4,94,95,101)(H4,96,97,102)(H3,98,103,138)(H3,99,104,139)/t54-,55-,56-,57-,58-,59-,60-,61+,62-,63-,64-,65-,66-,67-/m0/s1. The zero-order valence-electron chi connectivity index (χ0n) is 77.7. The van der Waals surface area contributed by atoms with E-state index in [1.807, 2.05) is 0 Å². The highest BCUT2D eigenvalue weighted by Gasteiger charge is 2.43. The number of primary amides is 3. The molecule has 0 saturated carbocycles. The third-order valence-electron chi connectivity index (χ3n) is 22.5. The number of amides is 18. The van der Waals surface area contributed by atoms with Gasteiger partial charge in [-0.2, -0.15) is 0 Å². The first-order valence-corrected chi connectivity index (χ1v) is 48.3. The minimum atomic E-state index is -1.95. The molecule has 53 heteroatoms. The van der Waals surface area contributed by atoms with Crippen molar-refractivity contribution in [1.29, 1.82) is 16.2 Å². The molecule has 2 fully saturated rings. The first-order valence-electron chi connectivity index (χ1n) is 45.8. The van der Waals surface area contributed by atoms with E-state index in [-0.39, 0.29) is 153 Å². The molecule has 6 rings (SSSR count). The van der Waals surface area contributed by atoms with Gasteiger partial charge in [0.25, 0.3) is 0 Å². The quantitative estimate of drug-likeness (QED) is 0.00847. The SMILES string of the molecule is N=C(N)NCCC[C@H](NC(=O)[C@@H]1CSSC[C@H](NC(=O)[C@H](Cc2ccc3ccccc3c2)NC(=O)[C@H](CCCNC(=N)N)NC(=O)[C@@H](N)CCC(=O)O)C(=O)N[C@@H](Cc2ccc(O)cc2)C(=O)N[C@@H](CCCNC(N)=O)C(=O)N[C@@H](CCCCN)C(=O)N[C@H](CCC(=O)O)C(=O)N2CCC[C@H]2C(=O)N[C@@H](Cc2ccc(O)cc2)C(=O)N[C@@H](CCCNC(=N)N)C(=O)N[C@@H](CCCNC(N)=O)C(=O)N1)C(N)=O. The van der Waals surface area contributed by atoms with Gasteiger partial charge in [-0.15, -0.1) is 0 Å². The lowest BCUT2D eigenvalue weighted by Gasteiger charge is -2.31. The number of carbonyl (C=O) groups is 18. The molecule has 2 aliphatic heterocycles. The number of nitrogens with zero attached hydrogens (tertiary/aromatic N) is 1. The number of carbonyl (C=O) groups excluding carboxylic acids is 16. The summed E-state index contributed by atoms with van der Waals surface area (Å²) in [5.41, 5.74) is 46.5. The van der Waals surface area contributed by atoms with Gasteiger partial charge < -0.3 is 162 Å². The van der Waals surface area contributed by atoms with Crippen molar-refractivity contribution >= 4 is 157 Å². The van der Waals surface area contributed by atoms with Crippen LogP contribution in [0.1, 0.15) is 139 Å². The van der Waals surface area contributed by atoms with Gasteiger partial charge in [0.15, 0.2) is 17.9 Å². The molecular weight excluding hydrogens is 1880 g/mol. The molecule has 0 radical (unpaired) electrons. The molecule has 0 spiro atoms. The zero-order valence-corrected chi connectivity index (χ0v) is 79.3. The molecule has 2 saturated heterocycles. The average Bonchev–Trinajstić information content (AvgIpc) is 1.69. The van der Waals surface area contributed by atoms with Gasteiger partial charge in [0, 0.05) is 82.9 Å². The summed E-state index contributed by atoms with van der Waals surface area (Å²) < 4.78 is 0. The number of nitrogens with one attached hydrogen (secondary N) is 20. The lowest BCUT2D eigenvalue weighted by atomic mass is 10.00. The summed E-state index contributed by atoms with van der Waals surface area (Å²) in [5.74, 6) is -21.1. The Morgan fingerprint density at radius 1 is 0.433 bits per heavy atom. The van der Waals surface area contributed by atoms with Gasteiger partial charge in [0.1, 0.15) is 90.0 Å². The number of aliphatic carboxylic acids is 2. The fraction of sp³-hybridized carbons (Fsp3) is 0.511. The Labute approximate surface area is 819 Å². The van der Waals surface area contributed by atoms with Crippen LogP contribution in [-0.2, 0) is 96.0 Å². The largest absolute Gasteiger partial charge is 0.508 e. The predicted octanol–water partition coefficient (Wildman–Crippen LogP) is -6.16. The molecular formula is C88H131N29O22S2. The van der Waals surface area contributed by atoms with E-state index in [1.165, 1.54) is 48.5 Å². The Morgan fingerprint density at radius 3 is 1.35 bits per heavy atom. The number of rotatable bonds is 45. The summed E-state index contributed by atoms with van der Waals surface area (Å²) in [6.07, 6.45) is -5.51. The second-order valence-electron chi connectivity index (χ2n) is 33.6. The Bertz CT molecular complexity index is 5010. The van der Waals surface area contributed by atoms with E-state index in [4.69, 9.17) is 62.1 Å². The molecule has 14 atom stereocenters. The highest BCUT2D eigenvalue weighted by Crippen LogP contribution is 2.27. The number of carboxylic acids is 2. The zero-order chi connectivity index (χ0) is 104. The van der Waals surface area contributed by atoms with E-state index >= 15 is 57.5 Å². The Morgan fingerprint density at radius 2 is 0.865 bits per heavy atom. The molecule has 0 aromatic heterocycles. The smallest absolute Gasteiger partial charge is 0.312 e. The maximum atomic E-state index is 16.0. The van der Waals surface area contributed by atoms with Crippen LogP contribution < -0.4 is 136 Å². The van der Waals surface area contributed by atoms with Crippen LogP contribution in [0.25, 0.3) is 10.8 Å². The number of hydrogen-bond acceptors (Lipinski definition) is 27. The molecule has 2 aliphatic rings. The van der Waals surface area contributed by atoms with Gasteiger partial charge in [-0.05, 0) is 167 Å².